The zero-order valence-corrected chi connectivity index (χ0v) is 10.3. The largest absolute Gasteiger partial charge is 0.465 e. The van der Waals surface area contributed by atoms with E-state index in [-0.39, 0.29) is 12.5 Å². The van der Waals surface area contributed by atoms with Crippen LogP contribution in [0.1, 0.15) is 25.5 Å². The third kappa shape index (κ3) is 2.98. The maximum atomic E-state index is 11.6. The summed E-state index contributed by atoms with van der Waals surface area (Å²) in [4.78, 5) is 17.5. The molecule has 1 aliphatic rings. The van der Waals surface area contributed by atoms with E-state index in [1.165, 1.54) is 0 Å². The lowest BCUT2D eigenvalue weighted by Crippen LogP contribution is -2.33. The molecule has 1 fully saturated rings. The minimum Gasteiger partial charge on any atom is -0.465 e. The second-order valence-electron chi connectivity index (χ2n) is 4.18. The van der Waals surface area contributed by atoms with Crippen LogP contribution in [-0.2, 0) is 9.53 Å². The molecule has 1 aliphatic carbocycles. The summed E-state index contributed by atoms with van der Waals surface area (Å²) in [5, 5.41) is 8.84. The predicted octanol–water partition coefficient (Wildman–Crippen LogP) is 1.49. The molecule has 0 aromatic carbocycles. The zero-order valence-electron chi connectivity index (χ0n) is 10.3. The molecule has 18 heavy (non-hydrogen) atoms. The number of hydrogen-bond donors (Lipinski definition) is 0. The Morgan fingerprint density at radius 2 is 2.44 bits per heavy atom. The molecule has 0 aliphatic heterocycles. The summed E-state index contributed by atoms with van der Waals surface area (Å²) in [6.45, 7) is 2.41. The number of aromatic nitrogens is 1. The van der Waals surface area contributed by atoms with Crippen LogP contribution in [0.3, 0.4) is 0 Å². The minimum atomic E-state index is -0.236. The van der Waals surface area contributed by atoms with E-state index in [0.717, 1.165) is 18.5 Å². The average Bonchev–Trinajstić information content (AvgIpc) is 3.20. The maximum Gasteiger partial charge on any atom is 0.325 e. The van der Waals surface area contributed by atoms with Crippen LogP contribution in [0.2, 0.25) is 0 Å². The average molecular weight is 245 g/mol. The lowest BCUT2D eigenvalue weighted by atomic mass is 10.3. The smallest absolute Gasteiger partial charge is 0.325 e. The number of nitriles is 1. The molecule has 1 heterocycles. The van der Waals surface area contributed by atoms with E-state index in [4.69, 9.17) is 10.00 Å². The minimum absolute atomic E-state index is 0.230. The third-order valence-electron chi connectivity index (χ3n) is 2.78. The highest BCUT2D eigenvalue weighted by atomic mass is 16.5. The first-order valence-corrected chi connectivity index (χ1v) is 6.03. The van der Waals surface area contributed by atoms with Gasteiger partial charge in [-0.3, -0.25) is 4.79 Å². The van der Waals surface area contributed by atoms with E-state index in [2.05, 4.69) is 4.98 Å². The molecule has 0 saturated heterocycles. The van der Waals surface area contributed by atoms with Gasteiger partial charge in [-0.05, 0) is 31.9 Å². The Kier molecular flexibility index (Phi) is 3.78. The number of carbonyl (C=O) groups excluding carboxylic acids is 1. The number of anilines is 1. The lowest BCUT2D eigenvalue weighted by molar-refractivity contribution is -0.141. The Labute approximate surface area is 106 Å². The lowest BCUT2D eigenvalue weighted by Gasteiger charge is -2.23. The highest BCUT2D eigenvalue weighted by molar-refractivity contribution is 5.76. The number of hydrogen-bond acceptors (Lipinski definition) is 5. The second kappa shape index (κ2) is 5.50. The van der Waals surface area contributed by atoms with Crippen LogP contribution >= 0.6 is 0 Å². The van der Waals surface area contributed by atoms with E-state index < -0.39 is 0 Å². The highest BCUT2D eigenvalue weighted by Crippen LogP contribution is 2.31. The first-order valence-electron chi connectivity index (χ1n) is 6.03. The van der Waals surface area contributed by atoms with Crippen molar-refractivity contribution in [2.75, 3.05) is 18.1 Å². The molecule has 2 rings (SSSR count). The number of carbonyl (C=O) groups is 1. The summed E-state index contributed by atoms with van der Waals surface area (Å²) >= 11 is 0. The van der Waals surface area contributed by atoms with Gasteiger partial charge >= 0.3 is 5.97 Å². The van der Waals surface area contributed by atoms with Gasteiger partial charge in [0.15, 0.2) is 0 Å². The van der Waals surface area contributed by atoms with Gasteiger partial charge in [-0.1, -0.05) is 0 Å². The van der Waals surface area contributed by atoms with Crippen molar-refractivity contribution < 1.29 is 9.53 Å². The van der Waals surface area contributed by atoms with Crippen molar-refractivity contribution in [3.63, 3.8) is 0 Å². The summed E-state index contributed by atoms with van der Waals surface area (Å²) in [6.07, 6.45) is 3.74. The van der Waals surface area contributed by atoms with Crippen LogP contribution in [0.15, 0.2) is 18.3 Å². The topological polar surface area (TPSA) is 66.2 Å². The number of esters is 1. The van der Waals surface area contributed by atoms with Crippen LogP contribution in [0.5, 0.6) is 0 Å². The van der Waals surface area contributed by atoms with Crippen molar-refractivity contribution in [2.24, 2.45) is 0 Å². The molecule has 0 amide bonds. The summed E-state index contributed by atoms with van der Waals surface area (Å²) < 4.78 is 4.97. The van der Waals surface area contributed by atoms with E-state index in [9.17, 15) is 4.79 Å². The molecule has 1 saturated carbocycles. The van der Waals surface area contributed by atoms with Gasteiger partial charge in [0.2, 0.25) is 0 Å². The number of nitrogens with zero attached hydrogens (tertiary/aromatic N) is 3. The van der Waals surface area contributed by atoms with Crippen LogP contribution < -0.4 is 4.90 Å². The van der Waals surface area contributed by atoms with Gasteiger partial charge in [0.25, 0.3) is 0 Å². The quantitative estimate of drug-likeness (QED) is 0.735. The van der Waals surface area contributed by atoms with Gasteiger partial charge in [-0.2, -0.15) is 5.26 Å². The number of pyridine rings is 1. The molecule has 0 atom stereocenters. The third-order valence-corrected chi connectivity index (χ3v) is 2.78. The van der Waals surface area contributed by atoms with Gasteiger partial charge in [-0.15, -0.1) is 0 Å². The van der Waals surface area contributed by atoms with Crippen molar-refractivity contribution in [2.45, 2.75) is 25.8 Å². The summed E-state index contributed by atoms with van der Waals surface area (Å²) in [7, 11) is 0. The fourth-order valence-corrected chi connectivity index (χ4v) is 1.82. The summed E-state index contributed by atoms with van der Waals surface area (Å²) in [5.41, 5.74) is 1.22. The normalized spacial score (nSPS) is 13.8. The van der Waals surface area contributed by atoms with Gasteiger partial charge < -0.3 is 9.64 Å². The molecular weight excluding hydrogens is 230 g/mol. The SMILES string of the molecule is CCOC(=O)CN(c1ccnc(C#N)c1)C1CC1. The summed E-state index contributed by atoms with van der Waals surface area (Å²) in [5.74, 6) is -0.236. The first kappa shape index (κ1) is 12.4. The van der Waals surface area contributed by atoms with Crippen molar-refractivity contribution >= 4 is 11.7 Å². The molecule has 0 bridgehead atoms. The Bertz CT molecular complexity index is 477. The molecule has 1 aromatic heterocycles. The van der Waals surface area contributed by atoms with Crippen molar-refractivity contribution in [1.82, 2.24) is 4.98 Å². The van der Waals surface area contributed by atoms with Gasteiger partial charge in [0.05, 0.1) is 6.61 Å². The molecular formula is C13H15N3O2. The highest BCUT2D eigenvalue weighted by Gasteiger charge is 2.31. The van der Waals surface area contributed by atoms with Crippen LogP contribution in [0.4, 0.5) is 5.69 Å². The van der Waals surface area contributed by atoms with Crippen LogP contribution in [-0.4, -0.2) is 30.1 Å². The van der Waals surface area contributed by atoms with Crippen LogP contribution in [0.25, 0.3) is 0 Å². The zero-order chi connectivity index (χ0) is 13.0. The summed E-state index contributed by atoms with van der Waals surface area (Å²) in [6, 6.07) is 5.91. The Morgan fingerprint density at radius 3 is 3.06 bits per heavy atom. The Morgan fingerprint density at radius 1 is 1.67 bits per heavy atom. The van der Waals surface area contributed by atoms with Crippen molar-refractivity contribution in [3.05, 3.63) is 24.0 Å². The standard InChI is InChI=1S/C13H15N3O2/c1-2-18-13(17)9-16(11-3-4-11)12-5-6-15-10(7-12)8-14/h5-7,11H,2-4,9H2,1H3. The first-order chi connectivity index (χ1) is 8.74. The van der Waals surface area contributed by atoms with Crippen molar-refractivity contribution in [1.29, 1.82) is 5.26 Å². The molecule has 0 spiro atoms. The molecule has 1 aromatic rings. The monoisotopic (exact) mass is 245 g/mol. The Hall–Kier alpha value is -2.09. The predicted molar refractivity (Wildman–Crippen MR) is 66.0 cm³/mol. The molecule has 5 nitrogen and oxygen atoms in total. The van der Waals surface area contributed by atoms with E-state index in [0.29, 0.717) is 18.3 Å². The van der Waals surface area contributed by atoms with Gasteiger partial charge in [0, 0.05) is 17.9 Å². The molecule has 0 N–H and O–H groups in total. The Balaban J connectivity index is 2.14. The van der Waals surface area contributed by atoms with Gasteiger partial charge in [-0.25, -0.2) is 4.98 Å². The molecule has 0 unspecified atom stereocenters. The number of ether oxygens (including phenoxy) is 1. The van der Waals surface area contributed by atoms with E-state index in [1.54, 1.807) is 19.2 Å². The number of rotatable bonds is 5. The molecule has 0 radical (unpaired) electrons. The van der Waals surface area contributed by atoms with Crippen molar-refractivity contribution in [3.8, 4) is 6.07 Å². The maximum absolute atomic E-state index is 11.6. The van der Waals surface area contributed by atoms with E-state index in [1.807, 2.05) is 17.0 Å². The fraction of sp³-hybridized carbons (Fsp3) is 0.462. The van der Waals surface area contributed by atoms with Gasteiger partial charge in [0.1, 0.15) is 18.3 Å². The second-order valence-corrected chi connectivity index (χ2v) is 4.18. The molecule has 94 valence electrons. The molecule has 5 heteroatoms. The van der Waals surface area contributed by atoms with Crippen LogP contribution in [0, 0.1) is 11.3 Å². The van der Waals surface area contributed by atoms with E-state index >= 15 is 0 Å². The fourth-order valence-electron chi connectivity index (χ4n) is 1.82.